The fourth-order valence-corrected chi connectivity index (χ4v) is 9.44. The second kappa shape index (κ2) is 11.0. The summed E-state index contributed by atoms with van der Waals surface area (Å²) in [6.45, 7) is 18.4. The zero-order valence-electron chi connectivity index (χ0n) is 31.4. The molecule has 0 saturated heterocycles. The molecule has 2 heteroatoms. The summed E-state index contributed by atoms with van der Waals surface area (Å²) in [6, 6.07) is 46.5. The molecule has 0 spiro atoms. The summed E-state index contributed by atoms with van der Waals surface area (Å²) < 4.78 is 0. The third kappa shape index (κ3) is 4.55. The van der Waals surface area contributed by atoms with E-state index in [2.05, 4.69) is 187 Å². The van der Waals surface area contributed by atoms with E-state index in [4.69, 9.17) is 0 Å². The van der Waals surface area contributed by atoms with E-state index < -0.39 is 0 Å². The number of hydrogen-bond acceptors (Lipinski definition) is 2. The smallest absolute Gasteiger partial charge is 0.0934 e. The lowest BCUT2D eigenvalue weighted by Gasteiger charge is -2.53. The van der Waals surface area contributed by atoms with Gasteiger partial charge >= 0.3 is 0 Å². The molecule has 0 amide bonds. The van der Waals surface area contributed by atoms with Gasteiger partial charge in [-0.25, -0.2) is 0 Å². The van der Waals surface area contributed by atoms with Crippen LogP contribution in [0.25, 0.3) is 11.1 Å². The third-order valence-electron chi connectivity index (χ3n) is 12.6. The van der Waals surface area contributed by atoms with Crippen molar-refractivity contribution in [3.05, 3.63) is 177 Å². The molecule has 2 unspecified atom stereocenters. The molecule has 2 nitrogen and oxygen atoms in total. The Labute approximate surface area is 304 Å². The molecule has 3 aliphatic carbocycles. The molecule has 0 aliphatic heterocycles. The largest absolute Gasteiger partial charge is 0.331 e. The molecule has 0 aromatic heterocycles. The molecule has 254 valence electrons. The lowest BCUT2D eigenvalue weighted by atomic mass is 9.65. The van der Waals surface area contributed by atoms with Gasteiger partial charge in [-0.1, -0.05) is 110 Å². The van der Waals surface area contributed by atoms with Crippen molar-refractivity contribution in [2.75, 3.05) is 9.80 Å². The molecular weight excluding hydrogens is 617 g/mol. The normalized spacial score (nSPS) is 20.1. The summed E-state index contributed by atoms with van der Waals surface area (Å²) in [6.07, 6.45) is 2.06. The van der Waals surface area contributed by atoms with Gasteiger partial charge in [-0.2, -0.15) is 0 Å². The minimum Gasteiger partial charge on any atom is -0.331 e. The predicted molar refractivity (Wildman–Crippen MR) is 215 cm³/mol. The standard InChI is InChI=1S/C49H48N2/c1-9-49(51(38-22-14-33(4)15-23-38)39-24-16-34(5)17-25-39)30-35-26-40-41-27-45-46(29-44(41)47(6,7)43(40)28-42(35)49)48(45,8)50(36-18-10-31(2)11-19-36)37-20-12-32(3)13-21-37/h10-29H,9,30H2,1-8H3. The van der Waals surface area contributed by atoms with E-state index in [9.17, 15) is 0 Å². The number of fused-ring (bicyclic) bond motifs is 5. The topological polar surface area (TPSA) is 6.48 Å². The second-order valence-corrected chi connectivity index (χ2v) is 16.3. The van der Waals surface area contributed by atoms with Crippen LogP contribution in [0.15, 0.2) is 121 Å². The zero-order valence-corrected chi connectivity index (χ0v) is 31.4. The second-order valence-electron chi connectivity index (χ2n) is 16.3. The van der Waals surface area contributed by atoms with E-state index >= 15 is 0 Å². The highest BCUT2D eigenvalue weighted by molar-refractivity contribution is 5.88. The maximum atomic E-state index is 2.63. The first kappa shape index (κ1) is 31.9. The Morgan fingerprint density at radius 3 is 1.25 bits per heavy atom. The highest BCUT2D eigenvalue weighted by Crippen LogP contribution is 2.63. The number of hydrogen-bond donors (Lipinski definition) is 0. The number of benzene rings is 6. The van der Waals surface area contributed by atoms with Gasteiger partial charge < -0.3 is 9.80 Å². The first-order valence-corrected chi connectivity index (χ1v) is 18.7. The lowest BCUT2D eigenvalue weighted by molar-refractivity contribution is 0.362. The quantitative estimate of drug-likeness (QED) is 0.168. The molecule has 6 aromatic carbocycles. The molecule has 6 aromatic rings. The molecule has 2 atom stereocenters. The Balaban J connectivity index is 1.15. The minimum atomic E-state index is -0.203. The zero-order chi connectivity index (χ0) is 35.4. The van der Waals surface area contributed by atoms with E-state index in [0.29, 0.717) is 0 Å². The van der Waals surface area contributed by atoms with E-state index in [1.54, 1.807) is 0 Å². The molecule has 0 fully saturated rings. The number of anilines is 4. The van der Waals surface area contributed by atoms with Crippen molar-refractivity contribution < 1.29 is 0 Å². The molecule has 0 saturated carbocycles. The minimum absolute atomic E-state index is 0.103. The van der Waals surface area contributed by atoms with Gasteiger partial charge in [0.25, 0.3) is 0 Å². The first-order valence-electron chi connectivity index (χ1n) is 18.7. The summed E-state index contributed by atoms with van der Waals surface area (Å²) >= 11 is 0. The van der Waals surface area contributed by atoms with Crippen LogP contribution in [0.5, 0.6) is 0 Å². The molecule has 0 radical (unpaired) electrons. The van der Waals surface area contributed by atoms with Crippen molar-refractivity contribution >= 4 is 22.7 Å². The predicted octanol–water partition coefficient (Wildman–Crippen LogP) is 12.6. The van der Waals surface area contributed by atoms with Gasteiger partial charge in [0.05, 0.1) is 11.1 Å². The number of rotatable bonds is 7. The van der Waals surface area contributed by atoms with E-state index in [1.807, 2.05) is 0 Å². The van der Waals surface area contributed by atoms with Gasteiger partial charge in [-0.05, 0) is 140 Å². The van der Waals surface area contributed by atoms with Crippen LogP contribution in [0.3, 0.4) is 0 Å². The highest BCUT2D eigenvalue weighted by atomic mass is 15.2. The lowest BCUT2D eigenvalue weighted by Crippen LogP contribution is -2.51. The molecule has 9 rings (SSSR count). The fourth-order valence-electron chi connectivity index (χ4n) is 9.44. The first-order chi connectivity index (χ1) is 24.5. The van der Waals surface area contributed by atoms with Crippen LogP contribution in [0.1, 0.15) is 89.8 Å². The molecule has 3 aliphatic rings. The van der Waals surface area contributed by atoms with Gasteiger partial charge in [-0.15, -0.1) is 0 Å². The van der Waals surface area contributed by atoms with E-state index in [-0.39, 0.29) is 16.5 Å². The van der Waals surface area contributed by atoms with Crippen LogP contribution in [-0.4, -0.2) is 0 Å². The Morgan fingerprint density at radius 2 is 0.824 bits per heavy atom. The third-order valence-corrected chi connectivity index (χ3v) is 12.6. The summed E-state index contributed by atoms with van der Waals surface area (Å²) in [5, 5.41) is 0. The van der Waals surface area contributed by atoms with Crippen molar-refractivity contribution in [2.45, 2.75) is 84.7 Å². The summed E-state index contributed by atoms with van der Waals surface area (Å²) in [7, 11) is 0. The van der Waals surface area contributed by atoms with Gasteiger partial charge in [0, 0.05) is 34.6 Å². The van der Waals surface area contributed by atoms with Gasteiger partial charge in [-0.3, -0.25) is 0 Å². The van der Waals surface area contributed by atoms with Gasteiger partial charge in [0.15, 0.2) is 0 Å². The van der Waals surface area contributed by atoms with Crippen molar-refractivity contribution in [2.24, 2.45) is 0 Å². The van der Waals surface area contributed by atoms with Crippen molar-refractivity contribution in [3.63, 3.8) is 0 Å². The van der Waals surface area contributed by atoms with Crippen molar-refractivity contribution in [1.82, 2.24) is 0 Å². The van der Waals surface area contributed by atoms with Crippen LogP contribution in [0.2, 0.25) is 0 Å². The van der Waals surface area contributed by atoms with Crippen LogP contribution in [0.4, 0.5) is 22.7 Å². The summed E-state index contributed by atoms with van der Waals surface area (Å²) in [4.78, 5) is 5.18. The Morgan fingerprint density at radius 1 is 0.451 bits per heavy atom. The molecular formula is C49H48N2. The van der Waals surface area contributed by atoms with Crippen molar-refractivity contribution in [1.29, 1.82) is 0 Å². The van der Waals surface area contributed by atoms with Crippen LogP contribution in [-0.2, 0) is 22.9 Å². The van der Waals surface area contributed by atoms with Crippen LogP contribution >= 0.6 is 0 Å². The molecule has 0 N–H and O–H groups in total. The Hall–Kier alpha value is -5.08. The number of aryl methyl sites for hydroxylation is 4. The van der Waals surface area contributed by atoms with Crippen LogP contribution < -0.4 is 9.80 Å². The monoisotopic (exact) mass is 664 g/mol. The van der Waals surface area contributed by atoms with Gasteiger partial charge in [0.2, 0.25) is 0 Å². The van der Waals surface area contributed by atoms with Crippen LogP contribution in [0, 0.1) is 27.7 Å². The SMILES string of the molecule is CCC1(N(c2ccc(C)cc2)c2ccc(C)cc2)Cc2cc3c(cc21)C(C)(C)c1cc2c(cc1-3)C2(C)N(c1ccc(C)cc1)c1ccc(C)cc1. The molecule has 0 heterocycles. The number of nitrogens with zero attached hydrogens (tertiary/aromatic N) is 2. The maximum Gasteiger partial charge on any atom is 0.0934 e. The average molecular weight is 665 g/mol. The molecule has 51 heavy (non-hydrogen) atoms. The summed E-state index contributed by atoms with van der Waals surface area (Å²) in [5.74, 6) is 0. The highest BCUT2D eigenvalue weighted by Gasteiger charge is 2.55. The Kier molecular flexibility index (Phi) is 6.85. The van der Waals surface area contributed by atoms with E-state index in [1.165, 1.54) is 89.5 Å². The fraction of sp³-hybridized carbons (Fsp3) is 0.265. The van der Waals surface area contributed by atoms with Gasteiger partial charge in [0.1, 0.15) is 0 Å². The van der Waals surface area contributed by atoms with E-state index in [0.717, 1.165) is 12.8 Å². The summed E-state index contributed by atoms with van der Waals surface area (Å²) in [5.41, 5.74) is 21.3. The average Bonchev–Trinajstić information content (AvgIpc) is 3.63. The Bertz CT molecular complexity index is 2240. The molecule has 0 bridgehead atoms. The van der Waals surface area contributed by atoms with Crippen molar-refractivity contribution in [3.8, 4) is 11.1 Å². The maximum absolute atomic E-state index is 2.63.